The Morgan fingerprint density at radius 3 is 1.91 bits per heavy atom. The van der Waals surface area contributed by atoms with Gasteiger partial charge in [0, 0.05) is 43.1 Å². The highest BCUT2D eigenvalue weighted by Crippen LogP contribution is 2.24. The van der Waals surface area contributed by atoms with Gasteiger partial charge >= 0.3 is 5.97 Å². The number of hydrogen-bond donors (Lipinski definition) is 2. The lowest BCUT2D eigenvalue weighted by Gasteiger charge is -2.25. The molecule has 0 aromatic heterocycles. The third-order valence-corrected chi connectivity index (χ3v) is 8.52. The van der Waals surface area contributed by atoms with Gasteiger partial charge in [-0.3, -0.25) is 9.59 Å². The number of carboxylic acids is 1. The number of carboxylic acid groups (broad SMARTS) is 1. The summed E-state index contributed by atoms with van der Waals surface area (Å²) in [5, 5.41) is 12.1. The molecule has 7 nitrogen and oxygen atoms in total. The summed E-state index contributed by atoms with van der Waals surface area (Å²) >= 11 is 0. The maximum absolute atomic E-state index is 11.3. The number of aldehydes is 1. The minimum absolute atomic E-state index is 0.168. The van der Waals surface area contributed by atoms with Gasteiger partial charge in [-0.05, 0) is 79.3 Å². The summed E-state index contributed by atoms with van der Waals surface area (Å²) in [6.07, 6.45) is 8.71. The molecule has 0 radical (unpaired) electrons. The van der Waals surface area contributed by atoms with Crippen LogP contribution in [0.4, 0.5) is 11.4 Å². The largest absolute Gasteiger partial charge is 0.494 e. The van der Waals surface area contributed by atoms with Crippen LogP contribution in [-0.4, -0.2) is 63.2 Å². The van der Waals surface area contributed by atoms with E-state index in [0.717, 1.165) is 68.8 Å². The van der Waals surface area contributed by atoms with Gasteiger partial charge in [0.2, 0.25) is 0 Å². The highest BCUT2D eigenvalue weighted by atomic mass is 16.5. The quantitative estimate of drug-likeness (QED) is 0.139. The maximum Gasteiger partial charge on any atom is 0.321 e. The molecule has 3 aromatic carbocycles. The summed E-state index contributed by atoms with van der Waals surface area (Å²) in [6.45, 7) is 13.5. The highest BCUT2D eigenvalue weighted by molar-refractivity contribution is 5.74. The fourth-order valence-corrected chi connectivity index (χ4v) is 5.54. The van der Waals surface area contributed by atoms with Crippen molar-refractivity contribution in [2.24, 2.45) is 0 Å². The lowest BCUT2D eigenvalue weighted by atomic mass is 9.87. The fraction of sp³-hybridized carbons (Fsp3) is 0.487. The van der Waals surface area contributed by atoms with E-state index >= 15 is 0 Å². The summed E-state index contributed by atoms with van der Waals surface area (Å²) in [4.78, 5) is 26.5. The number of hydrogen-bond acceptors (Lipinski definition) is 6. The van der Waals surface area contributed by atoms with Crippen LogP contribution in [0, 0.1) is 0 Å². The molecule has 1 heterocycles. The van der Waals surface area contributed by atoms with Gasteiger partial charge in [0.05, 0.1) is 6.61 Å². The second-order valence-corrected chi connectivity index (χ2v) is 13.1. The van der Waals surface area contributed by atoms with E-state index < -0.39 is 12.0 Å². The number of anilines is 2. The van der Waals surface area contributed by atoms with Crippen LogP contribution in [0.1, 0.15) is 87.7 Å². The Hall–Kier alpha value is -3.84. The number of nitrogens with zero attached hydrogens (tertiary/aromatic N) is 2. The molecular weight excluding hydrogens is 574 g/mol. The topological polar surface area (TPSA) is 82.1 Å². The zero-order chi connectivity index (χ0) is 33.4. The van der Waals surface area contributed by atoms with E-state index in [1.165, 1.54) is 42.6 Å². The lowest BCUT2D eigenvalue weighted by molar-refractivity contribution is -0.139. The molecule has 250 valence electrons. The van der Waals surface area contributed by atoms with Crippen molar-refractivity contribution in [3.05, 3.63) is 89.5 Å². The summed E-state index contributed by atoms with van der Waals surface area (Å²) in [5.41, 5.74) is 5.65. The first-order valence-electron chi connectivity index (χ1n) is 16.9. The number of ether oxygens (including phenoxy) is 1. The van der Waals surface area contributed by atoms with Crippen molar-refractivity contribution in [2.75, 3.05) is 49.6 Å². The monoisotopic (exact) mass is 629 g/mol. The highest BCUT2D eigenvalue weighted by Gasteiger charge is 2.18. The molecule has 2 N–H and O–H groups in total. The van der Waals surface area contributed by atoms with E-state index in [9.17, 15) is 14.7 Å². The molecule has 4 rings (SSSR count). The Bertz CT molecular complexity index is 1300. The average Bonchev–Trinajstić information content (AvgIpc) is 3.32. The Morgan fingerprint density at radius 1 is 0.848 bits per heavy atom. The smallest absolute Gasteiger partial charge is 0.321 e. The third-order valence-electron chi connectivity index (χ3n) is 8.52. The Kier molecular flexibility index (Phi) is 15.1. The number of aliphatic carboxylic acids is 1. The summed E-state index contributed by atoms with van der Waals surface area (Å²) in [7, 11) is 1.69. The van der Waals surface area contributed by atoms with E-state index in [-0.39, 0.29) is 5.41 Å². The number of carbonyl (C=O) groups is 2. The van der Waals surface area contributed by atoms with Gasteiger partial charge in [-0.1, -0.05) is 89.8 Å². The number of rotatable bonds is 14. The predicted octanol–water partition coefficient (Wildman–Crippen LogP) is 7.76. The van der Waals surface area contributed by atoms with Crippen molar-refractivity contribution in [1.82, 2.24) is 5.32 Å². The van der Waals surface area contributed by atoms with Crippen molar-refractivity contribution >= 4 is 23.6 Å². The molecule has 1 aliphatic heterocycles. The number of likely N-dealkylation sites (N-methyl/N-ethyl adjacent to an activating group) is 1. The van der Waals surface area contributed by atoms with Crippen LogP contribution < -0.4 is 19.9 Å². The molecule has 1 atom stereocenters. The molecule has 1 fully saturated rings. The molecule has 3 aromatic rings. The van der Waals surface area contributed by atoms with Gasteiger partial charge in [0.25, 0.3) is 0 Å². The zero-order valence-electron chi connectivity index (χ0n) is 28.6. The van der Waals surface area contributed by atoms with Gasteiger partial charge < -0.3 is 25.0 Å². The van der Waals surface area contributed by atoms with Gasteiger partial charge in [0.15, 0.2) is 0 Å². The molecule has 0 bridgehead atoms. The fourth-order valence-electron chi connectivity index (χ4n) is 5.54. The molecule has 1 aliphatic rings. The van der Waals surface area contributed by atoms with Crippen molar-refractivity contribution in [1.29, 1.82) is 0 Å². The molecule has 46 heavy (non-hydrogen) atoms. The second-order valence-electron chi connectivity index (χ2n) is 13.1. The van der Waals surface area contributed by atoms with Crippen molar-refractivity contribution < 1.29 is 19.4 Å². The standard InChI is InChI=1S/C28H41N3O3.C11H14O/c1-3-4-5-6-7-21-34-26-15-13-25(14-16-26)31-18-8-17-30(19-20-31)24-11-9-23(10-12-24)22-27(29-2)28(32)33;1-11(2,3)10-6-4-9(8-12)5-7-10/h9-16,27,29H,3-8,17-22H2,1-2H3,(H,32,33);4-8H,1-3H3. The van der Waals surface area contributed by atoms with Gasteiger partial charge in [-0.2, -0.15) is 0 Å². The van der Waals surface area contributed by atoms with E-state index in [2.05, 4.69) is 79.2 Å². The van der Waals surface area contributed by atoms with Crippen LogP contribution >= 0.6 is 0 Å². The molecule has 0 amide bonds. The average molecular weight is 630 g/mol. The van der Waals surface area contributed by atoms with E-state index in [0.29, 0.717) is 6.42 Å². The normalized spacial score (nSPS) is 14.1. The zero-order valence-corrected chi connectivity index (χ0v) is 28.6. The van der Waals surface area contributed by atoms with Crippen LogP contribution in [0.3, 0.4) is 0 Å². The number of nitrogens with one attached hydrogen (secondary N) is 1. The molecule has 0 spiro atoms. The van der Waals surface area contributed by atoms with Gasteiger partial charge in [-0.15, -0.1) is 0 Å². The Labute approximate surface area is 277 Å². The SMILES string of the molecule is CC(C)(C)c1ccc(C=O)cc1.CCCCCCCOc1ccc(N2CCCN(c3ccc(CC(NC)C(=O)O)cc3)CC2)cc1. The molecule has 1 saturated heterocycles. The first kappa shape index (κ1) is 36.6. The summed E-state index contributed by atoms with van der Waals surface area (Å²) in [6, 6.07) is 24.0. The number of carbonyl (C=O) groups excluding carboxylic acids is 1. The predicted molar refractivity (Wildman–Crippen MR) is 191 cm³/mol. The van der Waals surface area contributed by atoms with Gasteiger partial charge in [-0.25, -0.2) is 0 Å². The first-order valence-corrected chi connectivity index (χ1v) is 16.9. The lowest BCUT2D eigenvalue weighted by Crippen LogP contribution is -2.35. The van der Waals surface area contributed by atoms with Crippen LogP contribution in [0.15, 0.2) is 72.8 Å². The minimum atomic E-state index is -0.818. The molecule has 1 unspecified atom stereocenters. The maximum atomic E-state index is 11.3. The number of benzene rings is 3. The third kappa shape index (κ3) is 12.2. The molecule has 0 saturated carbocycles. The van der Waals surface area contributed by atoms with E-state index in [4.69, 9.17) is 4.74 Å². The van der Waals surface area contributed by atoms with Crippen molar-refractivity contribution in [2.45, 2.75) is 84.1 Å². The Balaban J connectivity index is 0.000000402. The van der Waals surface area contributed by atoms with Crippen LogP contribution in [0.5, 0.6) is 5.75 Å². The minimum Gasteiger partial charge on any atom is -0.494 e. The molecule has 7 heteroatoms. The van der Waals surface area contributed by atoms with Crippen LogP contribution in [0.25, 0.3) is 0 Å². The Morgan fingerprint density at radius 2 is 1.41 bits per heavy atom. The summed E-state index contributed by atoms with van der Waals surface area (Å²) in [5.74, 6) is 0.139. The second kappa shape index (κ2) is 19.0. The first-order chi connectivity index (χ1) is 22.1. The molecule has 0 aliphatic carbocycles. The number of unbranched alkanes of at least 4 members (excludes halogenated alkanes) is 4. The van der Waals surface area contributed by atoms with Crippen molar-refractivity contribution in [3.63, 3.8) is 0 Å². The van der Waals surface area contributed by atoms with Crippen LogP contribution in [-0.2, 0) is 16.6 Å². The van der Waals surface area contributed by atoms with E-state index in [1.807, 2.05) is 36.4 Å². The van der Waals surface area contributed by atoms with Crippen LogP contribution in [0.2, 0.25) is 0 Å². The van der Waals surface area contributed by atoms with Crippen molar-refractivity contribution in [3.8, 4) is 5.75 Å². The summed E-state index contributed by atoms with van der Waals surface area (Å²) < 4.78 is 5.92. The van der Waals surface area contributed by atoms with Gasteiger partial charge in [0.1, 0.15) is 18.1 Å². The molecular formula is C39H55N3O4. The van der Waals surface area contributed by atoms with E-state index in [1.54, 1.807) is 7.05 Å².